The summed E-state index contributed by atoms with van der Waals surface area (Å²) >= 11 is 0. The van der Waals surface area contributed by atoms with Crippen LogP contribution in [0.5, 0.6) is 0 Å². The van der Waals surface area contributed by atoms with Gasteiger partial charge in [0.05, 0.1) is 18.3 Å². The van der Waals surface area contributed by atoms with Gasteiger partial charge in [0.25, 0.3) is 0 Å². The van der Waals surface area contributed by atoms with E-state index in [0.717, 1.165) is 12.8 Å². The Morgan fingerprint density at radius 1 is 1.37 bits per heavy atom. The zero-order valence-electron chi connectivity index (χ0n) is 11.3. The lowest BCUT2D eigenvalue weighted by atomic mass is 10.1. The van der Waals surface area contributed by atoms with E-state index in [1.807, 2.05) is 6.92 Å². The molecule has 1 rings (SSSR count). The lowest BCUT2D eigenvalue weighted by Crippen LogP contribution is -2.14. The number of amides is 1. The molecule has 19 heavy (non-hydrogen) atoms. The van der Waals surface area contributed by atoms with Crippen molar-refractivity contribution in [1.29, 1.82) is 0 Å². The quantitative estimate of drug-likeness (QED) is 0.707. The number of rotatable bonds is 8. The largest absolute Gasteiger partial charge is 0.493 e. The summed E-state index contributed by atoms with van der Waals surface area (Å²) in [7, 11) is 0. The number of hydrogen-bond acceptors (Lipinski definition) is 3. The second kappa shape index (κ2) is 7.59. The lowest BCUT2D eigenvalue weighted by Gasteiger charge is -2.14. The predicted molar refractivity (Wildman–Crippen MR) is 75.5 cm³/mol. The summed E-state index contributed by atoms with van der Waals surface area (Å²) in [6, 6.07) is 6.91. The van der Waals surface area contributed by atoms with Gasteiger partial charge in [0, 0.05) is 12.0 Å². The molecular weight excluding hydrogens is 242 g/mol. The van der Waals surface area contributed by atoms with Gasteiger partial charge in [-0.3, -0.25) is 4.79 Å². The maximum absolute atomic E-state index is 11.3. The van der Waals surface area contributed by atoms with Crippen LogP contribution in [0, 0.1) is 0 Å². The van der Waals surface area contributed by atoms with Gasteiger partial charge in [-0.05, 0) is 12.5 Å². The molecule has 1 unspecified atom stereocenters. The fraction of sp³-hybridized carbons (Fsp3) is 0.400. The molecule has 1 atom stereocenters. The van der Waals surface area contributed by atoms with Crippen molar-refractivity contribution < 1.29 is 14.6 Å². The van der Waals surface area contributed by atoms with Gasteiger partial charge in [-0.25, -0.2) is 0 Å². The first-order chi connectivity index (χ1) is 9.06. The molecule has 1 aromatic rings. The highest BCUT2D eigenvalue weighted by Crippen LogP contribution is 2.19. The molecule has 104 valence electrons. The molecule has 4 heteroatoms. The third-order valence-electron chi connectivity index (χ3n) is 2.84. The molecule has 0 aliphatic heterocycles. The van der Waals surface area contributed by atoms with Gasteiger partial charge in [0.1, 0.15) is 5.76 Å². The first-order valence-corrected chi connectivity index (χ1v) is 6.45. The molecule has 0 heterocycles. The van der Waals surface area contributed by atoms with E-state index < -0.39 is 5.91 Å². The van der Waals surface area contributed by atoms with E-state index in [2.05, 4.69) is 6.58 Å². The molecule has 1 amide bonds. The van der Waals surface area contributed by atoms with Crippen LogP contribution in [0.4, 0.5) is 0 Å². The Balaban J connectivity index is 2.57. The van der Waals surface area contributed by atoms with Crippen LogP contribution < -0.4 is 5.73 Å². The molecule has 0 saturated heterocycles. The number of carbonyl (C=O) groups is 1. The predicted octanol–water partition coefficient (Wildman–Crippen LogP) is 2.32. The number of benzene rings is 1. The summed E-state index contributed by atoms with van der Waals surface area (Å²) in [5.41, 5.74) is 6.28. The molecular formula is C15H21NO3. The van der Waals surface area contributed by atoms with Crippen molar-refractivity contribution in [2.45, 2.75) is 32.3 Å². The van der Waals surface area contributed by atoms with Crippen molar-refractivity contribution in [2.75, 3.05) is 6.61 Å². The fourth-order valence-corrected chi connectivity index (χ4v) is 1.81. The molecule has 0 aliphatic rings. The summed E-state index contributed by atoms with van der Waals surface area (Å²) in [4.78, 5) is 11.3. The molecule has 0 aromatic heterocycles. The van der Waals surface area contributed by atoms with Gasteiger partial charge in [-0.1, -0.05) is 38.1 Å². The average molecular weight is 263 g/mol. The standard InChI is InChI=1S/C15H21NO3/c1-3-6-12(17)9-10-19-11(2)13-7-4-5-8-14(13)15(16)18/h4-5,7-8,12,17H,2-3,6,9-10H2,1H3,(H2,16,18). The van der Waals surface area contributed by atoms with Crippen molar-refractivity contribution >= 4 is 11.7 Å². The van der Waals surface area contributed by atoms with Gasteiger partial charge >= 0.3 is 0 Å². The zero-order chi connectivity index (χ0) is 14.3. The normalized spacial score (nSPS) is 11.9. The fourth-order valence-electron chi connectivity index (χ4n) is 1.81. The summed E-state index contributed by atoms with van der Waals surface area (Å²) in [6.45, 7) is 6.19. The van der Waals surface area contributed by atoms with Gasteiger partial charge in [0.2, 0.25) is 5.91 Å². The minimum atomic E-state index is -0.508. The minimum absolute atomic E-state index is 0.357. The van der Waals surface area contributed by atoms with Crippen LogP contribution >= 0.6 is 0 Å². The van der Waals surface area contributed by atoms with Gasteiger partial charge in [-0.15, -0.1) is 0 Å². The second-order valence-electron chi connectivity index (χ2n) is 4.41. The highest BCUT2D eigenvalue weighted by Gasteiger charge is 2.11. The lowest BCUT2D eigenvalue weighted by molar-refractivity contribution is 0.0998. The molecule has 4 nitrogen and oxygen atoms in total. The topological polar surface area (TPSA) is 72.6 Å². The number of ether oxygens (including phenoxy) is 1. The van der Waals surface area contributed by atoms with Crippen molar-refractivity contribution in [3.63, 3.8) is 0 Å². The number of primary amides is 1. The number of hydrogen-bond donors (Lipinski definition) is 2. The molecule has 0 fully saturated rings. The molecule has 3 N–H and O–H groups in total. The molecule has 0 spiro atoms. The maximum Gasteiger partial charge on any atom is 0.249 e. The summed E-state index contributed by atoms with van der Waals surface area (Å²) in [5.74, 6) is -0.107. The molecule has 1 aromatic carbocycles. The Labute approximate surface area is 113 Å². The van der Waals surface area contributed by atoms with Crippen LogP contribution in [0.25, 0.3) is 5.76 Å². The number of aliphatic hydroxyl groups is 1. The summed E-state index contributed by atoms with van der Waals surface area (Å²) < 4.78 is 5.47. The van der Waals surface area contributed by atoms with Crippen LogP contribution in [0.2, 0.25) is 0 Å². The van der Waals surface area contributed by atoms with Crippen LogP contribution in [0.3, 0.4) is 0 Å². The smallest absolute Gasteiger partial charge is 0.249 e. The molecule has 0 aliphatic carbocycles. The molecule has 0 radical (unpaired) electrons. The van der Waals surface area contributed by atoms with Crippen molar-refractivity contribution in [3.05, 3.63) is 42.0 Å². The number of aliphatic hydroxyl groups excluding tert-OH is 1. The van der Waals surface area contributed by atoms with E-state index in [-0.39, 0.29) is 6.10 Å². The third-order valence-corrected chi connectivity index (χ3v) is 2.84. The van der Waals surface area contributed by atoms with Crippen LogP contribution in [0.15, 0.2) is 30.8 Å². The Hall–Kier alpha value is -1.81. The highest BCUT2D eigenvalue weighted by atomic mass is 16.5. The number of carbonyl (C=O) groups excluding carboxylic acids is 1. The van der Waals surface area contributed by atoms with E-state index in [4.69, 9.17) is 10.5 Å². The molecule has 0 saturated carbocycles. The first kappa shape index (κ1) is 15.2. The Morgan fingerprint density at radius 3 is 2.58 bits per heavy atom. The van der Waals surface area contributed by atoms with E-state index in [1.165, 1.54) is 0 Å². The Morgan fingerprint density at radius 2 is 2.00 bits per heavy atom. The number of nitrogens with two attached hydrogens (primary N) is 1. The van der Waals surface area contributed by atoms with Crippen LogP contribution in [-0.4, -0.2) is 23.7 Å². The summed E-state index contributed by atoms with van der Waals surface area (Å²) in [6.07, 6.45) is 1.88. The third kappa shape index (κ3) is 4.75. The monoisotopic (exact) mass is 263 g/mol. The average Bonchev–Trinajstić information content (AvgIpc) is 2.38. The zero-order valence-corrected chi connectivity index (χ0v) is 11.3. The second-order valence-corrected chi connectivity index (χ2v) is 4.41. The first-order valence-electron chi connectivity index (χ1n) is 6.45. The van der Waals surface area contributed by atoms with Crippen molar-refractivity contribution in [1.82, 2.24) is 0 Å². The summed E-state index contributed by atoms with van der Waals surface area (Å²) in [5, 5.41) is 9.59. The van der Waals surface area contributed by atoms with Crippen LogP contribution in [-0.2, 0) is 4.74 Å². The van der Waals surface area contributed by atoms with E-state index in [0.29, 0.717) is 29.9 Å². The Kier molecular flexibility index (Phi) is 6.09. The highest BCUT2D eigenvalue weighted by molar-refractivity contribution is 5.97. The van der Waals surface area contributed by atoms with E-state index >= 15 is 0 Å². The Bertz CT molecular complexity index is 443. The van der Waals surface area contributed by atoms with Crippen molar-refractivity contribution in [3.8, 4) is 0 Å². The maximum atomic E-state index is 11.3. The molecule has 0 bridgehead atoms. The van der Waals surface area contributed by atoms with E-state index in [1.54, 1.807) is 24.3 Å². The van der Waals surface area contributed by atoms with Crippen molar-refractivity contribution in [2.24, 2.45) is 5.73 Å². The van der Waals surface area contributed by atoms with Gasteiger partial charge in [0.15, 0.2) is 0 Å². The van der Waals surface area contributed by atoms with Crippen LogP contribution in [0.1, 0.15) is 42.1 Å². The van der Waals surface area contributed by atoms with Gasteiger partial charge < -0.3 is 15.6 Å². The van der Waals surface area contributed by atoms with Gasteiger partial charge in [-0.2, -0.15) is 0 Å². The SMILES string of the molecule is C=C(OCCC(O)CCC)c1ccccc1C(N)=O. The minimum Gasteiger partial charge on any atom is -0.493 e. The van der Waals surface area contributed by atoms with E-state index in [9.17, 15) is 9.90 Å².